The zero-order valence-electron chi connectivity index (χ0n) is 10.5. The predicted molar refractivity (Wildman–Crippen MR) is 76.9 cm³/mol. The van der Waals surface area contributed by atoms with E-state index in [1.54, 1.807) is 18.3 Å². The van der Waals surface area contributed by atoms with Crippen molar-refractivity contribution >= 4 is 27.4 Å². The Labute approximate surface area is 119 Å². The molecule has 1 aromatic carbocycles. The summed E-state index contributed by atoms with van der Waals surface area (Å²) in [6.07, 6.45) is 1.68. The number of hydrogen-bond donors (Lipinski definition) is 1. The van der Waals surface area contributed by atoms with Gasteiger partial charge in [0.1, 0.15) is 11.6 Å². The molecule has 0 amide bonds. The highest BCUT2D eigenvalue weighted by atomic mass is 79.9. The van der Waals surface area contributed by atoms with E-state index >= 15 is 0 Å². The van der Waals surface area contributed by atoms with Crippen LogP contribution in [0.4, 0.5) is 15.9 Å². The minimum absolute atomic E-state index is 0.0977. The summed E-state index contributed by atoms with van der Waals surface area (Å²) in [4.78, 5) is 6.27. The van der Waals surface area contributed by atoms with Crippen LogP contribution in [0.15, 0.2) is 41.0 Å². The molecule has 19 heavy (non-hydrogen) atoms. The Morgan fingerprint density at radius 2 is 2.00 bits per heavy atom. The van der Waals surface area contributed by atoms with Crippen LogP contribution in [0, 0.1) is 5.82 Å². The number of aromatic nitrogens is 1. The monoisotopic (exact) mass is 324 g/mol. The smallest absolute Gasteiger partial charge is 0.138 e. The zero-order chi connectivity index (χ0) is 13.8. The number of nitrogens with zero attached hydrogens (tertiary/aromatic N) is 2. The number of benzene rings is 1. The molecule has 0 saturated heterocycles. The van der Waals surface area contributed by atoms with Gasteiger partial charge in [-0.15, -0.1) is 0 Å². The lowest BCUT2D eigenvalue weighted by atomic mass is 10.2. The van der Waals surface area contributed by atoms with E-state index in [4.69, 9.17) is 0 Å². The van der Waals surface area contributed by atoms with Crippen LogP contribution in [0.1, 0.15) is 12.5 Å². The van der Waals surface area contributed by atoms with Crippen LogP contribution in [0.2, 0.25) is 0 Å². The van der Waals surface area contributed by atoms with Crippen molar-refractivity contribution in [2.75, 3.05) is 11.4 Å². The van der Waals surface area contributed by atoms with Crippen molar-refractivity contribution in [2.24, 2.45) is 0 Å². The van der Waals surface area contributed by atoms with Gasteiger partial charge in [0.15, 0.2) is 0 Å². The molecule has 0 spiro atoms. The molecular formula is C14H14BrFN2O. The second kappa shape index (κ2) is 6.12. The zero-order valence-corrected chi connectivity index (χ0v) is 12.1. The summed E-state index contributed by atoms with van der Waals surface area (Å²) in [5.74, 6) is 0.408. The Morgan fingerprint density at radius 1 is 1.32 bits per heavy atom. The molecule has 5 heteroatoms. The Morgan fingerprint density at radius 3 is 2.58 bits per heavy atom. The molecule has 1 N–H and O–H groups in total. The van der Waals surface area contributed by atoms with Gasteiger partial charge < -0.3 is 10.0 Å². The van der Waals surface area contributed by atoms with Gasteiger partial charge in [-0.05, 0) is 53.2 Å². The van der Waals surface area contributed by atoms with Crippen LogP contribution in [-0.4, -0.2) is 16.6 Å². The average Bonchev–Trinajstić information content (AvgIpc) is 2.43. The number of aliphatic hydroxyl groups is 1. The number of pyridine rings is 1. The van der Waals surface area contributed by atoms with Crippen molar-refractivity contribution in [2.45, 2.75) is 13.5 Å². The summed E-state index contributed by atoms with van der Waals surface area (Å²) < 4.78 is 13.8. The van der Waals surface area contributed by atoms with Gasteiger partial charge in [0.2, 0.25) is 0 Å². The van der Waals surface area contributed by atoms with Gasteiger partial charge in [-0.2, -0.15) is 0 Å². The summed E-state index contributed by atoms with van der Waals surface area (Å²) in [7, 11) is 0. The molecule has 0 bridgehead atoms. The first-order chi connectivity index (χ1) is 9.15. The van der Waals surface area contributed by atoms with Crippen molar-refractivity contribution in [3.63, 3.8) is 0 Å². The minimum atomic E-state index is -0.272. The molecule has 0 atom stereocenters. The van der Waals surface area contributed by atoms with Gasteiger partial charge in [0.05, 0.1) is 6.61 Å². The van der Waals surface area contributed by atoms with E-state index in [1.807, 2.05) is 17.9 Å². The maximum absolute atomic E-state index is 13.0. The van der Waals surface area contributed by atoms with Crippen LogP contribution >= 0.6 is 15.9 Å². The highest BCUT2D eigenvalue weighted by Crippen LogP contribution is 2.28. The Bertz CT molecular complexity index is 560. The van der Waals surface area contributed by atoms with E-state index in [9.17, 15) is 9.50 Å². The standard InChI is InChI=1S/C14H14BrFN2O/c1-2-18(13-5-3-12(16)4-6-13)14-10(9-19)7-11(15)8-17-14/h3-8,19H,2,9H2,1H3. The maximum atomic E-state index is 13.0. The molecule has 0 saturated carbocycles. The highest BCUT2D eigenvalue weighted by Gasteiger charge is 2.13. The first-order valence-corrected chi connectivity index (χ1v) is 6.73. The normalized spacial score (nSPS) is 10.5. The number of halogens is 2. The molecule has 0 unspecified atom stereocenters. The van der Waals surface area contributed by atoms with Crippen molar-refractivity contribution < 1.29 is 9.50 Å². The summed E-state index contributed by atoms with van der Waals surface area (Å²) in [6, 6.07) is 8.05. The molecule has 0 aliphatic rings. The molecule has 0 aliphatic carbocycles. The fourth-order valence-electron chi connectivity index (χ4n) is 1.91. The van der Waals surface area contributed by atoms with Crippen LogP contribution in [0.3, 0.4) is 0 Å². The van der Waals surface area contributed by atoms with Crippen molar-refractivity contribution in [1.29, 1.82) is 0 Å². The molecule has 2 rings (SSSR count). The summed E-state index contributed by atoms with van der Waals surface area (Å²) >= 11 is 3.33. The fraction of sp³-hybridized carbons (Fsp3) is 0.214. The van der Waals surface area contributed by atoms with E-state index in [0.717, 1.165) is 15.7 Å². The van der Waals surface area contributed by atoms with Crippen LogP contribution in [0.5, 0.6) is 0 Å². The molecule has 1 heterocycles. The van der Waals surface area contributed by atoms with E-state index in [0.29, 0.717) is 12.4 Å². The van der Waals surface area contributed by atoms with Gasteiger partial charge in [-0.25, -0.2) is 9.37 Å². The molecule has 0 fully saturated rings. The summed E-state index contributed by atoms with van der Waals surface area (Å²) in [5, 5.41) is 9.43. The lowest BCUT2D eigenvalue weighted by Crippen LogP contribution is -2.19. The number of hydrogen-bond acceptors (Lipinski definition) is 3. The van der Waals surface area contributed by atoms with Gasteiger partial charge in [-0.1, -0.05) is 0 Å². The molecule has 0 radical (unpaired) electrons. The fourth-order valence-corrected chi connectivity index (χ4v) is 2.29. The largest absolute Gasteiger partial charge is 0.392 e. The summed E-state index contributed by atoms with van der Waals surface area (Å²) in [5.41, 5.74) is 1.56. The SMILES string of the molecule is CCN(c1ccc(F)cc1)c1ncc(Br)cc1CO. The van der Waals surface area contributed by atoms with Crippen LogP contribution in [-0.2, 0) is 6.61 Å². The number of rotatable bonds is 4. The minimum Gasteiger partial charge on any atom is -0.392 e. The van der Waals surface area contributed by atoms with E-state index in [1.165, 1.54) is 12.1 Å². The Balaban J connectivity index is 2.44. The van der Waals surface area contributed by atoms with Crippen LogP contribution < -0.4 is 4.90 Å². The first kappa shape index (κ1) is 14.0. The second-order valence-corrected chi connectivity index (χ2v) is 4.93. The van der Waals surface area contributed by atoms with Crippen molar-refractivity contribution in [1.82, 2.24) is 4.98 Å². The third kappa shape index (κ3) is 3.11. The summed E-state index contributed by atoms with van der Waals surface area (Å²) in [6.45, 7) is 2.56. The quantitative estimate of drug-likeness (QED) is 0.932. The van der Waals surface area contributed by atoms with Gasteiger partial charge in [0, 0.05) is 28.5 Å². The molecule has 2 aromatic rings. The van der Waals surface area contributed by atoms with Crippen molar-refractivity contribution in [3.05, 3.63) is 52.4 Å². The number of aliphatic hydroxyl groups excluding tert-OH is 1. The van der Waals surface area contributed by atoms with Gasteiger partial charge >= 0.3 is 0 Å². The third-order valence-electron chi connectivity index (χ3n) is 2.79. The van der Waals surface area contributed by atoms with E-state index < -0.39 is 0 Å². The molecular weight excluding hydrogens is 311 g/mol. The van der Waals surface area contributed by atoms with E-state index in [2.05, 4.69) is 20.9 Å². The highest BCUT2D eigenvalue weighted by molar-refractivity contribution is 9.10. The third-order valence-corrected chi connectivity index (χ3v) is 3.22. The molecule has 1 aromatic heterocycles. The average molecular weight is 325 g/mol. The molecule has 3 nitrogen and oxygen atoms in total. The lowest BCUT2D eigenvalue weighted by Gasteiger charge is -2.24. The maximum Gasteiger partial charge on any atom is 0.138 e. The van der Waals surface area contributed by atoms with Gasteiger partial charge in [0.25, 0.3) is 0 Å². The Hall–Kier alpha value is -1.46. The topological polar surface area (TPSA) is 36.4 Å². The first-order valence-electron chi connectivity index (χ1n) is 5.94. The number of anilines is 2. The molecule has 0 aliphatic heterocycles. The predicted octanol–water partition coefficient (Wildman–Crippen LogP) is 3.63. The molecule has 100 valence electrons. The Kier molecular flexibility index (Phi) is 4.50. The van der Waals surface area contributed by atoms with E-state index in [-0.39, 0.29) is 12.4 Å². The van der Waals surface area contributed by atoms with Crippen LogP contribution in [0.25, 0.3) is 0 Å². The van der Waals surface area contributed by atoms with Gasteiger partial charge in [-0.3, -0.25) is 0 Å². The second-order valence-electron chi connectivity index (χ2n) is 4.02. The van der Waals surface area contributed by atoms with Crippen molar-refractivity contribution in [3.8, 4) is 0 Å². The lowest BCUT2D eigenvalue weighted by molar-refractivity contribution is 0.281.